The van der Waals surface area contributed by atoms with Gasteiger partial charge in [-0.3, -0.25) is 4.79 Å². The number of carbonyl (C=O) groups is 1. The monoisotopic (exact) mass is 367 g/mol. The molecule has 1 amide bonds. The zero-order valence-corrected chi connectivity index (χ0v) is 15.8. The minimum absolute atomic E-state index is 0.0152. The molecule has 1 fully saturated rings. The Labute approximate surface area is 156 Å². The van der Waals surface area contributed by atoms with E-state index in [-0.39, 0.29) is 11.8 Å². The van der Waals surface area contributed by atoms with Gasteiger partial charge >= 0.3 is 0 Å². The van der Waals surface area contributed by atoms with Crippen LogP contribution in [0, 0.1) is 13.8 Å². The Kier molecular flexibility index (Phi) is 4.59. The van der Waals surface area contributed by atoms with Crippen molar-refractivity contribution in [3.8, 4) is 11.4 Å². The Morgan fingerprint density at radius 1 is 1.27 bits per heavy atom. The van der Waals surface area contributed by atoms with Crippen LogP contribution in [0.1, 0.15) is 34.2 Å². The number of aromatic nitrogens is 2. The van der Waals surface area contributed by atoms with E-state index in [1.54, 1.807) is 11.3 Å². The SMILES string of the molecule is Cc1ccc(-c2noc(C3CC(=O)N(CCc4cccs4)C3)n2)cc1C. The van der Waals surface area contributed by atoms with Gasteiger partial charge in [-0.2, -0.15) is 4.98 Å². The second kappa shape index (κ2) is 7.03. The molecule has 1 saturated heterocycles. The van der Waals surface area contributed by atoms with Crippen molar-refractivity contribution in [1.29, 1.82) is 0 Å². The average Bonchev–Trinajstić information content (AvgIpc) is 3.36. The summed E-state index contributed by atoms with van der Waals surface area (Å²) >= 11 is 1.73. The summed E-state index contributed by atoms with van der Waals surface area (Å²) in [7, 11) is 0. The third-order valence-electron chi connectivity index (χ3n) is 4.98. The molecule has 3 aromatic rings. The average molecular weight is 367 g/mol. The van der Waals surface area contributed by atoms with Crippen molar-refractivity contribution < 1.29 is 9.32 Å². The lowest BCUT2D eigenvalue weighted by molar-refractivity contribution is -0.127. The van der Waals surface area contributed by atoms with Gasteiger partial charge in [0, 0.05) is 30.0 Å². The fraction of sp³-hybridized carbons (Fsp3) is 0.350. The van der Waals surface area contributed by atoms with Gasteiger partial charge in [-0.25, -0.2) is 0 Å². The summed E-state index contributed by atoms with van der Waals surface area (Å²) in [6.45, 7) is 5.55. The van der Waals surface area contributed by atoms with Crippen LogP contribution in [-0.4, -0.2) is 34.0 Å². The molecule has 0 N–H and O–H groups in total. The van der Waals surface area contributed by atoms with Gasteiger partial charge in [-0.15, -0.1) is 11.3 Å². The Bertz CT molecular complexity index is 917. The first-order valence-electron chi connectivity index (χ1n) is 8.81. The Hall–Kier alpha value is -2.47. The van der Waals surface area contributed by atoms with Gasteiger partial charge in [0.15, 0.2) is 0 Å². The summed E-state index contributed by atoms with van der Waals surface area (Å²) in [4.78, 5) is 20.1. The summed E-state index contributed by atoms with van der Waals surface area (Å²) < 4.78 is 5.48. The van der Waals surface area contributed by atoms with Gasteiger partial charge in [-0.1, -0.05) is 23.4 Å². The Morgan fingerprint density at radius 2 is 2.15 bits per heavy atom. The van der Waals surface area contributed by atoms with Gasteiger partial charge in [0.2, 0.25) is 17.6 Å². The summed E-state index contributed by atoms with van der Waals surface area (Å²) in [6, 6.07) is 10.3. The van der Waals surface area contributed by atoms with Crippen LogP contribution in [0.5, 0.6) is 0 Å². The molecule has 3 heterocycles. The van der Waals surface area contributed by atoms with Crippen molar-refractivity contribution in [3.63, 3.8) is 0 Å². The number of aryl methyl sites for hydroxylation is 2. The lowest BCUT2D eigenvalue weighted by Crippen LogP contribution is -2.27. The summed E-state index contributed by atoms with van der Waals surface area (Å²) in [5, 5.41) is 6.19. The van der Waals surface area contributed by atoms with Gasteiger partial charge in [-0.05, 0) is 48.9 Å². The summed E-state index contributed by atoms with van der Waals surface area (Å²) in [5.74, 6) is 1.30. The molecule has 1 atom stereocenters. The molecule has 5 nitrogen and oxygen atoms in total. The molecular weight excluding hydrogens is 346 g/mol. The molecule has 0 bridgehead atoms. The number of likely N-dealkylation sites (tertiary alicyclic amines) is 1. The Morgan fingerprint density at radius 3 is 2.92 bits per heavy atom. The van der Waals surface area contributed by atoms with E-state index < -0.39 is 0 Å². The van der Waals surface area contributed by atoms with Crippen LogP contribution in [-0.2, 0) is 11.2 Å². The normalized spacial score (nSPS) is 17.2. The van der Waals surface area contributed by atoms with Crippen LogP contribution in [0.15, 0.2) is 40.2 Å². The van der Waals surface area contributed by atoms with Crippen molar-refractivity contribution in [2.45, 2.75) is 32.6 Å². The van der Waals surface area contributed by atoms with Crippen LogP contribution in [0.3, 0.4) is 0 Å². The van der Waals surface area contributed by atoms with E-state index >= 15 is 0 Å². The fourth-order valence-corrected chi connectivity index (χ4v) is 3.95. The minimum Gasteiger partial charge on any atom is -0.342 e. The molecule has 0 spiro atoms. The zero-order valence-electron chi connectivity index (χ0n) is 14.9. The topological polar surface area (TPSA) is 59.2 Å². The molecule has 1 aliphatic rings. The number of hydrogen-bond acceptors (Lipinski definition) is 5. The molecule has 1 unspecified atom stereocenters. The number of hydrogen-bond donors (Lipinski definition) is 0. The lowest BCUT2D eigenvalue weighted by Gasteiger charge is -2.15. The number of thiophene rings is 1. The number of amides is 1. The number of rotatable bonds is 5. The maximum Gasteiger partial charge on any atom is 0.232 e. The predicted molar refractivity (Wildman–Crippen MR) is 101 cm³/mol. The second-order valence-electron chi connectivity index (χ2n) is 6.83. The molecule has 0 saturated carbocycles. The molecule has 6 heteroatoms. The molecule has 134 valence electrons. The van der Waals surface area contributed by atoms with Crippen LogP contribution in [0.4, 0.5) is 0 Å². The van der Waals surface area contributed by atoms with E-state index in [0.29, 0.717) is 24.7 Å². The van der Waals surface area contributed by atoms with Crippen molar-refractivity contribution in [1.82, 2.24) is 15.0 Å². The van der Waals surface area contributed by atoms with E-state index in [2.05, 4.69) is 47.6 Å². The van der Waals surface area contributed by atoms with Crippen LogP contribution >= 0.6 is 11.3 Å². The molecule has 26 heavy (non-hydrogen) atoms. The molecule has 0 aliphatic carbocycles. The van der Waals surface area contributed by atoms with E-state index in [1.807, 2.05) is 17.0 Å². The van der Waals surface area contributed by atoms with Crippen LogP contribution in [0.25, 0.3) is 11.4 Å². The van der Waals surface area contributed by atoms with Crippen LogP contribution in [0.2, 0.25) is 0 Å². The van der Waals surface area contributed by atoms with Gasteiger partial charge in [0.1, 0.15) is 0 Å². The largest absolute Gasteiger partial charge is 0.342 e. The second-order valence-corrected chi connectivity index (χ2v) is 7.86. The first kappa shape index (κ1) is 17.0. The maximum absolute atomic E-state index is 12.3. The molecule has 4 rings (SSSR count). The van der Waals surface area contributed by atoms with E-state index in [0.717, 1.165) is 18.5 Å². The number of nitrogens with zero attached hydrogens (tertiary/aromatic N) is 3. The highest BCUT2D eigenvalue weighted by Gasteiger charge is 2.34. The standard InChI is InChI=1S/C20H21N3O2S/c1-13-5-6-15(10-14(13)2)19-21-20(25-22-19)16-11-18(24)23(12-16)8-7-17-4-3-9-26-17/h3-6,9-10,16H,7-8,11-12H2,1-2H3. The van der Waals surface area contributed by atoms with E-state index in [1.165, 1.54) is 16.0 Å². The fourth-order valence-electron chi connectivity index (χ4n) is 3.25. The van der Waals surface area contributed by atoms with E-state index in [9.17, 15) is 4.79 Å². The quantitative estimate of drug-likeness (QED) is 0.684. The highest BCUT2D eigenvalue weighted by Crippen LogP contribution is 2.29. The first-order valence-corrected chi connectivity index (χ1v) is 9.69. The highest BCUT2D eigenvalue weighted by atomic mass is 32.1. The van der Waals surface area contributed by atoms with Crippen molar-refractivity contribution in [2.24, 2.45) is 0 Å². The maximum atomic E-state index is 12.3. The van der Waals surface area contributed by atoms with Crippen molar-refractivity contribution in [3.05, 3.63) is 57.6 Å². The van der Waals surface area contributed by atoms with E-state index in [4.69, 9.17) is 4.52 Å². The lowest BCUT2D eigenvalue weighted by atomic mass is 10.1. The number of carbonyl (C=O) groups excluding carboxylic acids is 1. The minimum atomic E-state index is -0.0152. The van der Waals surface area contributed by atoms with Gasteiger partial charge in [0.05, 0.1) is 5.92 Å². The van der Waals surface area contributed by atoms with Crippen molar-refractivity contribution in [2.75, 3.05) is 13.1 Å². The smallest absolute Gasteiger partial charge is 0.232 e. The molecule has 0 radical (unpaired) electrons. The first-order chi connectivity index (χ1) is 12.6. The molecule has 2 aromatic heterocycles. The number of benzene rings is 1. The summed E-state index contributed by atoms with van der Waals surface area (Å²) in [6.07, 6.45) is 1.34. The van der Waals surface area contributed by atoms with Crippen molar-refractivity contribution >= 4 is 17.2 Å². The Balaban J connectivity index is 1.44. The predicted octanol–water partition coefficient (Wildman–Crippen LogP) is 3.97. The summed E-state index contributed by atoms with van der Waals surface area (Å²) in [5.41, 5.74) is 3.38. The molecule has 1 aromatic carbocycles. The van der Waals surface area contributed by atoms with Gasteiger partial charge in [0.25, 0.3) is 0 Å². The third-order valence-corrected chi connectivity index (χ3v) is 5.91. The van der Waals surface area contributed by atoms with Crippen LogP contribution < -0.4 is 0 Å². The molecule has 1 aliphatic heterocycles. The third kappa shape index (κ3) is 3.42. The highest BCUT2D eigenvalue weighted by molar-refractivity contribution is 7.09. The van der Waals surface area contributed by atoms with Gasteiger partial charge < -0.3 is 9.42 Å². The zero-order chi connectivity index (χ0) is 18.1. The molecular formula is C20H21N3O2S.